The summed E-state index contributed by atoms with van der Waals surface area (Å²) in [7, 11) is 0. The quantitative estimate of drug-likeness (QED) is 0.158. The molecule has 2 heteroatoms. The predicted molar refractivity (Wildman–Crippen MR) is 225 cm³/mol. The molecule has 1 nitrogen and oxygen atoms in total. The maximum atomic E-state index is 2.55. The van der Waals surface area contributed by atoms with E-state index in [1.54, 1.807) is 0 Å². The SMILES string of the molecule is c1ccc(-c2ccccc2-c2c(-c3ccccc3)cccc2N(c2cc3ccccc3c3ccccc23)c2cccc3c2sc2ccccc23)cc1. The van der Waals surface area contributed by atoms with Gasteiger partial charge in [0, 0.05) is 26.4 Å². The van der Waals surface area contributed by atoms with Crippen LogP contribution in [0.1, 0.15) is 0 Å². The summed E-state index contributed by atoms with van der Waals surface area (Å²) in [4.78, 5) is 2.55. The fraction of sp³-hybridized carbons (Fsp3) is 0. The van der Waals surface area contributed by atoms with Crippen molar-refractivity contribution in [3.8, 4) is 33.4 Å². The van der Waals surface area contributed by atoms with E-state index in [0.717, 1.165) is 11.4 Å². The van der Waals surface area contributed by atoms with Crippen LogP contribution in [0.4, 0.5) is 17.1 Å². The molecule has 0 radical (unpaired) electrons. The average molecular weight is 680 g/mol. The molecule has 244 valence electrons. The van der Waals surface area contributed by atoms with Gasteiger partial charge in [0.25, 0.3) is 0 Å². The Labute approximate surface area is 307 Å². The Morgan fingerprint density at radius 2 is 0.865 bits per heavy atom. The van der Waals surface area contributed by atoms with Crippen LogP contribution in [-0.2, 0) is 0 Å². The van der Waals surface area contributed by atoms with Gasteiger partial charge in [-0.3, -0.25) is 0 Å². The van der Waals surface area contributed by atoms with Crippen LogP contribution in [0.15, 0.2) is 200 Å². The van der Waals surface area contributed by atoms with Crippen LogP contribution in [0.25, 0.3) is 75.1 Å². The zero-order valence-corrected chi connectivity index (χ0v) is 29.2. The highest BCUT2D eigenvalue weighted by Gasteiger charge is 2.26. The first-order valence-corrected chi connectivity index (χ1v) is 18.6. The average Bonchev–Trinajstić information content (AvgIpc) is 3.61. The van der Waals surface area contributed by atoms with Gasteiger partial charge in [0.05, 0.1) is 21.8 Å². The van der Waals surface area contributed by atoms with Crippen LogP contribution in [-0.4, -0.2) is 0 Å². The summed E-state index contributed by atoms with van der Waals surface area (Å²) >= 11 is 1.88. The number of thiophene rings is 1. The molecule has 0 spiro atoms. The minimum absolute atomic E-state index is 1.13. The van der Waals surface area contributed by atoms with Gasteiger partial charge in [-0.15, -0.1) is 11.3 Å². The highest BCUT2D eigenvalue weighted by molar-refractivity contribution is 7.26. The Morgan fingerprint density at radius 3 is 1.65 bits per heavy atom. The standard InChI is InChI=1S/C50H33NS/c1-3-17-34(18-4-1)37-22-9-12-27-43(37)49-39(35-19-5-2-6-20-35)28-15-30-45(49)51(46-31-16-29-44-42-26-13-14-32-48(42)52-50(44)46)47-33-36-21-7-8-23-38(36)40-24-10-11-25-41(40)47/h1-33H. The molecule has 9 aromatic carbocycles. The Bertz CT molecular complexity index is 2910. The monoisotopic (exact) mass is 679 g/mol. The smallest absolute Gasteiger partial charge is 0.0640 e. The predicted octanol–water partition coefficient (Wildman–Crippen LogP) is 14.8. The van der Waals surface area contributed by atoms with Crippen molar-refractivity contribution in [3.05, 3.63) is 200 Å². The summed E-state index contributed by atoms with van der Waals surface area (Å²) in [6.45, 7) is 0. The van der Waals surface area contributed by atoms with E-state index in [9.17, 15) is 0 Å². The van der Waals surface area contributed by atoms with Crippen molar-refractivity contribution < 1.29 is 0 Å². The van der Waals surface area contributed by atoms with E-state index in [0.29, 0.717) is 0 Å². The number of fused-ring (bicyclic) bond motifs is 6. The lowest BCUT2D eigenvalue weighted by molar-refractivity contribution is 1.32. The Balaban J connectivity index is 1.38. The van der Waals surface area contributed by atoms with Gasteiger partial charge < -0.3 is 4.90 Å². The Hall–Kier alpha value is -6.48. The van der Waals surface area contributed by atoms with Gasteiger partial charge in [0.1, 0.15) is 0 Å². The second-order valence-corrected chi connectivity index (χ2v) is 14.3. The zero-order valence-electron chi connectivity index (χ0n) is 28.4. The zero-order chi connectivity index (χ0) is 34.4. The van der Waals surface area contributed by atoms with Gasteiger partial charge in [0.2, 0.25) is 0 Å². The number of rotatable bonds is 6. The summed E-state index contributed by atoms with van der Waals surface area (Å²) in [5.74, 6) is 0. The molecule has 0 bridgehead atoms. The van der Waals surface area contributed by atoms with Crippen LogP contribution < -0.4 is 4.90 Å². The van der Waals surface area contributed by atoms with Crippen LogP contribution in [0, 0.1) is 0 Å². The number of nitrogens with zero attached hydrogens (tertiary/aromatic N) is 1. The van der Waals surface area contributed by atoms with Gasteiger partial charge in [-0.25, -0.2) is 0 Å². The van der Waals surface area contributed by atoms with Crippen molar-refractivity contribution in [1.82, 2.24) is 0 Å². The van der Waals surface area contributed by atoms with Crippen LogP contribution >= 0.6 is 11.3 Å². The van der Waals surface area contributed by atoms with Gasteiger partial charge in [-0.2, -0.15) is 0 Å². The lowest BCUT2D eigenvalue weighted by Crippen LogP contribution is -2.13. The van der Waals surface area contributed by atoms with Crippen molar-refractivity contribution in [2.75, 3.05) is 4.90 Å². The molecule has 0 atom stereocenters. The van der Waals surface area contributed by atoms with Crippen molar-refractivity contribution in [1.29, 1.82) is 0 Å². The molecule has 0 amide bonds. The maximum Gasteiger partial charge on any atom is 0.0640 e. The first-order chi connectivity index (χ1) is 25.8. The van der Waals surface area contributed by atoms with Crippen molar-refractivity contribution >= 4 is 70.1 Å². The molecule has 0 N–H and O–H groups in total. The number of benzene rings is 9. The van der Waals surface area contributed by atoms with Crippen molar-refractivity contribution in [3.63, 3.8) is 0 Å². The molecule has 10 rings (SSSR count). The third-order valence-electron chi connectivity index (χ3n) is 10.3. The lowest BCUT2D eigenvalue weighted by Gasteiger charge is -2.31. The van der Waals surface area contributed by atoms with Crippen molar-refractivity contribution in [2.45, 2.75) is 0 Å². The highest BCUT2D eigenvalue weighted by Crippen LogP contribution is 2.52. The summed E-state index contributed by atoms with van der Waals surface area (Å²) in [5, 5.41) is 7.50. The van der Waals surface area contributed by atoms with E-state index in [2.05, 4.69) is 205 Å². The van der Waals surface area contributed by atoms with Crippen LogP contribution in [0.5, 0.6) is 0 Å². The molecular weight excluding hydrogens is 647 g/mol. The van der Waals surface area contributed by atoms with E-state index in [1.165, 1.54) is 80.8 Å². The first-order valence-electron chi connectivity index (χ1n) is 17.8. The molecule has 0 aliphatic carbocycles. The topological polar surface area (TPSA) is 3.24 Å². The van der Waals surface area contributed by atoms with E-state index >= 15 is 0 Å². The fourth-order valence-electron chi connectivity index (χ4n) is 7.96. The van der Waals surface area contributed by atoms with E-state index in [1.807, 2.05) is 11.3 Å². The van der Waals surface area contributed by atoms with Crippen LogP contribution in [0.3, 0.4) is 0 Å². The van der Waals surface area contributed by atoms with Crippen molar-refractivity contribution in [2.24, 2.45) is 0 Å². The summed E-state index contributed by atoms with van der Waals surface area (Å²) < 4.78 is 2.56. The summed E-state index contributed by atoms with van der Waals surface area (Å²) in [6.07, 6.45) is 0. The maximum absolute atomic E-state index is 2.55. The molecule has 0 saturated carbocycles. The van der Waals surface area contributed by atoms with E-state index < -0.39 is 0 Å². The third kappa shape index (κ3) is 4.99. The molecule has 0 unspecified atom stereocenters. The Kier molecular flexibility index (Phi) is 7.41. The second-order valence-electron chi connectivity index (χ2n) is 13.2. The molecule has 10 aromatic rings. The summed E-state index contributed by atoms with van der Waals surface area (Å²) in [5.41, 5.74) is 10.6. The largest absolute Gasteiger partial charge is 0.308 e. The molecule has 52 heavy (non-hydrogen) atoms. The van der Waals surface area contributed by atoms with Crippen LogP contribution in [0.2, 0.25) is 0 Å². The number of hydrogen-bond donors (Lipinski definition) is 0. The van der Waals surface area contributed by atoms with E-state index in [-0.39, 0.29) is 0 Å². The second kappa shape index (κ2) is 12.7. The molecule has 0 fully saturated rings. The molecule has 1 aromatic heterocycles. The fourth-order valence-corrected chi connectivity index (χ4v) is 9.16. The molecule has 0 saturated heterocycles. The summed E-state index contributed by atoms with van der Waals surface area (Å²) in [6, 6.07) is 73.0. The number of hydrogen-bond acceptors (Lipinski definition) is 2. The Morgan fingerprint density at radius 1 is 0.327 bits per heavy atom. The van der Waals surface area contributed by atoms with Gasteiger partial charge in [-0.1, -0.05) is 176 Å². The lowest BCUT2D eigenvalue weighted by atomic mass is 9.87. The first kappa shape index (κ1) is 30.4. The highest BCUT2D eigenvalue weighted by atomic mass is 32.1. The number of anilines is 3. The molecule has 1 heterocycles. The molecular formula is C50H33NS. The van der Waals surface area contributed by atoms with Gasteiger partial charge in [0.15, 0.2) is 0 Å². The molecule has 0 aliphatic rings. The minimum atomic E-state index is 1.13. The van der Waals surface area contributed by atoms with Gasteiger partial charge >= 0.3 is 0 Å². The molecule has 0 aliphatic heterocycles. The third-order valence-corrected chi connectivity index (χ3v) is 11.5. The van der Waals surface area contributed by atoms with E-state index in [4.69, 9.17) is 0 Å². The normalized spacial score (nSPS) is 11.5. The van der Waals surface area contributed by atoms with Gasteiger partial charge in [-0.05, 0) is 68.2 Å². The minimum Gasteiger partial charge on any atom is -0.308 e.